The van der Waals surface area contributed by atoms with E-state index in [0.29, 0.717) is 10.0 Å². The molecular weight excluding hydrogens is 229 g/mol. The normalized spacial score (nSPS) is 11.0. The monoisotopic (exact) mass is 239 g/mol. The number of hydrogen-bond donors (Lipinski definition) is 0. The summed E-state index contributed by atoms with van der Waals surface area (Å²) in [5.74, 6) is 0. The van der Waals surface area contributed by atoms with Gasteiger partial charge in [0, 0.05) is 5.39 Å². The molecule has 0 amide bonds. The van der Waals surface area contributed by atoms with Crippen molar-refractivity contribution in [2.45, 2.75) is 20.8 Å². The van der Waals surface area contributed by atoms with E-state index >= 15 is 0 Å². The Balaban J connectivity index is 2.99. The van der Waals surface area contributed by atoms with Crippen molar-refractivity contribution in [3.05, 3.63) is 39.0 Å². The zero-order chi connectivity index (χ0) is 11.2. The van der Waals surface area contributed by atoms with Gasteiger partial charge >= 0.3 is 0 Å². The van der Waals surface area contributed by atoms with Crippen LogP contribution in [0, 0.1) is 20.8 Å². The molecule has 0 radical (unpaired) electrons. The second-order valence-electron chi connectivity index (χ2n) is 3.80. The maximum absolute atomic E-state index is 6.22. The summed E-state index contributed by atoms with van der Waals surface area (Å²) in [5.41, 5.74) is 3.99. The van der Waals surface area contributed by atoms with Crippen LogP contribution in [0.25, 0.3) is 10.9 Å². The topological polar surface area (TPSA) is 12.9 Å². The molecule has 0 aliphatic heterocycles. The number of hydrogen-bond acceptors (Lipinski definition) is 1. The second-order valence-corrected chi connectivity index (χ2v) is 4.56. The maximum Gasteiger partial charge on any atom is 0.0811 e. The van der Waals surface area contributed by atoms with Gasteiger partial charge in [-0.3, -0.25) is 4.98 Å². The summed E-state index contributed by atoms with van der Waals surface area (Å²) in [4.78, 5) is 4.44. The number of rotatable bonds is 0. The van der Waals surface area contributed by atoms with Crippen molar-refractivity contribution < 1.29 is 0 Å². The highest BCUT2D eigenvalue weighted by molar-refractivity contribution is 6.45. The minimum absolute atomic E-state index is 0.552. The molecule has 0 unspecified atom stereocenters. The maximum atomic E-state index is 6.22. The van der Waals surface area contributed by atoms with E-state index in [2.05, 4.69) is 11.1 Å². The summed E-state index contributed by atoms with van der Waals surface area (Å²) in [5, 5.41) is 2.12. The quantitative estimate of drug-likeness (QED) is 0.662. The summed E-state index contributed by atoms with van der Waals surface area (Å²) < 4.78 is 0. The van der Waals surface area contributed by atoms with Gasteiger partial charge in [0.1, 0.15) is 0 Å². The Labute approximate surface area is 99.0 Å². The van der Waals surface area contributed by atoms with Crippen LogP contribution in [0.15, 0.2) is 12.1 Å². The first-order valence-electron chi connectivity index (χ1n) is 4.73. The third kappa shape index (κ3) is 1.70. The molecule has 2 rings (SSSR count). The molecule has 0 spiro atoms. The molecule has 0 N–H and O–H groups in total. The van der Waals surface area contributed by atoms with Crippen LogP contribution < -0.4 is 0 Å². The molecule has 1 aromatic heterocycles. The second kappa shape index (κ2) is 3.66. The van der Waals surface area contributed by atoms with Crippen LogP contribution in [0.3, 0.4) is 0 Å². The summed E-state index contributed by atoms with van der Waals surface area (Å²) in [6.07, 6.45) is 0. The van der Waals surface area contributed by atoms with E-state index in [1.807, 2.05) is 26.8 Å². The summed E-state index contributed by atoms with van der Waals surface area (Å²) in [6, 6.07) is 4.11. The molecule has 1 heterocycles. The Morgan fingerprint density at radius 3 is 2.33 bits per heavy atom. The Bertz CT molecular complexity index is 547. The molecule has 15 heavy (non-hydrogen) atoms. The lowest BCUT2D eigenvalue weighted by Crippen LogP contribution is -1.91. The first-order chi connectivity index (χ1) is 7.00. The minimum atomic E-state index is 0.552. The van der Waals surface area contributed by atoms with Gasteiger partial charge in [-0.2, -0.15) is 0 Å². The van der Waals surface area contributed by atoms with Gasteiger partial charge in [-0.25, -0.2) is 0 Å². The number of aromatic nitrogens is 1. The van der Waals surface area contributed by atoms with E-state index in [4.69, 9.17) is 23.2 Å². The molecule has 0 bridgehead atoms. The molecule has 78 valence electrons. The predicted molar refractivity (Wildman–Crippen MR) is 66.0 cm³/mol. The molecule has 0 saturated carbocycles. The number of nitrogens with zero attached hydrogens (tertiary/aromatic N) is 1. The average Bonchev–Trinajstić information content (AvgIpc) is 2.13. The van der Waals surface area contributed by atoms with Crippen molar-refractivity contribution in [1.29, 1.82) is 0 Å². The Morgan fingerprint density at radius 1 is 1.00 bits per heavy atom. The van der Waals surface area contributed by atoms with Gasteiger partial charge in [0.2, 0.25) is 0 Å². The Morgan fingerprint density at radius 2 is 1.67 bits per heavy atom. The third-order valence-corrected chi connectivity index (χ3v) is 3.41. The van der Waals surface area contributed by atoms with Crippen LogP contribution >= 0.6 is 23.2 Å². The lowest BCUT2D eigenvalue weighted by atomic mass is 10.1. The summed E-state index contributed by atoms with van der Waals surface area (Å²) in [7, 11) is 0. The van der Waals surface area contributed by atoms with Gasteiger partial charge in [-0.05, 0) is 38.0 Å². The van der Waals surface area contributed by atoms with E-state index in [1.165, 1.54) is 5.56 Å². The predicted octanol–water partition coefficient (Wildman–Crippen LogP) is 4.47. The standard InChI is InChI=1S/C12H11Cl2N/c1-6-4-7(2)10-9(5-6)15-8(3)11(13)12(10)14/h4-5H,1-3H3. The fourth-order valence-corrected chi connectivity index (χ4v) is 2.34. The molecule has 1 aromatic carbocycles. The summed E-state index contributed by atoms with van der Waals surface area (Å²) in [6.45, 7) is 5.94. The van der Waals surface area contributed by atoms with Gasteiger partial charge in [0.05, 0.1) is 21.3 Å². The fraction of sp³-hybridized carbons (Fsp3) is 0.250. The lowest BCUT2D eigenvalue weighted by molar-refractivity contribution is 1.24. The first-order valence-corrected chi connectivity index (χ1v) is 5.49. The molecule has 0 aliphatic carbocycles. The first kappa shape index (κ1) is 10.7. The highest BCUT2D eigenvalue weighted by Gasteiger charge is 2.11. The van der Waals surface area contributed by atoms with Gasteiger partial charge in [0.25, 0.3) is 0 Å². The third-order valence-electron chi connectivity index (χ3n) is 2.48. The van der Waals surface area contributed by atoms with E-state index in [0.717, 1.165) is 22.2 Å². The van der Waals surface area contributed by atoms with Crippen molar-refractivity contribution in [3.8, 4) is 0 Å². The molecule has 0 saturated heterocycles. The zero-order valence-corrected chi connectivity index (χ0v) is 10.4. The number of benzene rings is 1. The highest BCUT2D eigenvalue weighted by atomic mass is 35.5. The highest BCUT2D eigenvalue weighted by Crippen LogP contribution is 2.34. The van der Waals surface area contributed by atoms with Crippen molar-refractivity contribution in [2.24, 2.45) is 0 Å². The van der Waals surface area contributed by atoms with Gasteiger partial charge in [-0.15, -0.1) is 0 Å². The van der Waals surface area contributed by atoms with Crippen LogP contribution in [0.1, 0.15) is 16.8 Å². The van der Waals surface area contributed by atoms with Crippen molar-refractivity contribution >= 4 is 34.1 Å². The smallest absolute Gasteiger partial charge is 0.0811 e. The molecule has 0 aliphatic rings. The van der Waals surface area contributed by atoms with Crippen molar-refractivity contribution in [3.63, 3.8) is 0 Å². The summed E-state index contributed by atoms with van der Waals surface area (Å²) >= 11 is 12.3. The largest absolute Gasteiger partial charge is 0.251 e. The van der Waals surface area contributed by atoms with Gasteiger partial charge in [-0.1, -0.05) is 29.3 Å². The number of fused-ring (bicyclic) bond motifs is 1. The van der Waals surface area contributed by atoms with E-state index < -0.39 is 0 Å². The van der Waals surface area contributed by atoms with Gasteiger partial charge < -0.3 is 0 Å². The number of pyridine rings is 1. The fourth-order valence-electron chi connectivity index (χ4n) is 1.82. The molecule has 0 atom stereocenters. The van der Waals surface area contributed by atoms with E-state index in [-0.39, 0.29) is 0 Å². The van der Waals surface area contributed by atoms with E-state index in [1.54, 1.807) is 0 Å². The van der Waals surface area contributed by atoms with E-state index in [9.17, 15) is 0 Å². The molecular formula is C12H11Cl2N. The minimum Gasteiger partial charge on any atom is -0.251 e. The molecule has 3 heteroatoms. The van der Waals surface area contributed by atoms with Crippen LogP contribution in [-0.2, 0) is 0 Å². The average molecular weight is 240 g/mol. The van der Waals surface area contributed by atoms with Crippen molar-refractivity contribution in [2.75, 3.05) is 0 Å². The SMILES string of the molecule is Cc1cc(C)c2c(Cl)c(Cl)c(C)nc2c1. The van der Waals surface area contributed by atoms with Crippen LogP contribution in [0.5, 0.6) is 0 Å². The Kier molecular flexibility index (Phi) is 2.61. The molecule has 2 aromatic rings. The van der Waals surface area contributed by atoms with Crippen LogP contribution in [-0.4, -0.2) is 4.98 Å². The van der Waals surface area contributed by atoms with Crippen molar-refractivity contribution in [1.82, 2.24) is 4.98 Å². The number of halogens is 2. The molecule has 1 nitrogen and oxygen atoms in total. The van der Waals surface area contributed by atoms with Crippen LogP contribution in [0.4, 0.5) is 0 Å². The zero-order valence-electron chi connectivity index (χ0n) is 8.86. The Hall–Kier alpha value is -0.790. The number of aryl methyl sites for hydroxylation is 3. The molecule has 0 fully saturated rings. The van der Waals surface area contributed by atoms with Gasteiger partial charge in [0.15, 0.2) is 0 Å². The van der Waals surface area contributed by atoms with Crippen LogP contribution in [0.2, 0.25) is 10.0 Å². The lowest BCUT2D eigenvalue weighted by Gasteiger charge is -2.09.